The molecule has 5 heteroatoms. The molecule has 1 aromatic heterocycles. The Bertz CT molecular complexity index is 931. The first-order valence-electron chi connectivity index (χ1n) is 7.50. The molecule has 0 unspecified atom stereocenters. The fourth-order valence-electron chi connectivity index (χ4n) is 2.37. The van der Waals surface area contributed by atoms with Gasteiger partial charge in [-0.05, 0) is 24.6 Å². The standard InChI is InChI=1S/C18H16ClN3O/c1-2-7-17-21-16-11-6-4-9-14(16)18(23)22(17)20-12-13-8-3-5-10-15(13)19/h3-6,8-12H,2,7H2,1H3. The van der Waals surface area contributed by atoms with Crippen molar-refractivity contribution in [1.82, 2.24) is 9.66 Å². The normalized spacial score (nSPS) is 11.4. The van der Waals surface area contributed by atoms with Crippen molar-refractivity contribution in [2.45, 2.75) is 19.8 Å². The van der Waals surface area contributed by atoms with E-state index in [2.05, 4.69) is 10.1 Å². The molecule has 23 heavy (non-hydrogen) atoms. The number of fused-ring (bicyclic) bond motifs is 1. The van der Waals surface area contributed by atoms with Crippen LogP contribution in [0, 0.1) is 0 Å². The highest BCUT2D eigenvalue weighted by Crippen LogP contribution is 2.13. The van der Waals surface area contributed by atoms with Crippen molar-refractivity contribution in [3.63, 3.8) is 0 Å². The molecule has 0 saturated heterocycles. The number of benzene rings is 2. The molecular formula is C18H16ClN3O. The Labute approximate surface area is 139 Å². The first-order chi connectivity index (χ1) is 11.2. The van der Waals surface area contributed by atoms with Crippen molar-refractivity contribution in [1.29, 1.82) is 0 Å². The molecule has 1 heterocycles. The Kier molecular flexibility index (Phi) is 4.53. The third-order valence-electron chi connectivity index (χ3n) is 3.51. The molecule has 0 N–H and O–H groups in total. The summed E-state index contributed by atoms with van der Waals surface area (Å²) in [5.74, 6) is 0.652. The van der Waals surface area contributed by atoms with Crippen LogP contribution in [-0.2, 0) is 6.42 Å². The summed E-state index contributed by atoms with van der Waals surface area (Å²) in [4.78, 5) is 17.3. The van der Waals surface area contributed by atoms with E-state index in [0.29, 0.717) is 28.2 Å². The quantitative estimate of drug-likeness (QED) is 0.683. The van der Waals surface area contributed by atoms with Crippen LogP contribution in [0.1, 0.15) is 24.7 Å². The molecule has 3 rings (SSSR count). The smallest absolute Gasteiger partial charge is 0.267 e. The molecular weight excluding hydrogens is 310 g/mol. The van der Waals surface area contributed by atoms with E-state index in [1.54, 1.807) is 18.3 Å². The number of rotatable bonds is 4. The van der Waals surface area contributed by atoms with Gasteiger partial charge < -0.3 is 0 Å². The molecule has 0 radical (unpaired) electrons. The summed E-state index contributed by atoms with van der Waals surface area (Å²) in [5, 5.41) is 5.49. The first-order valence-corrected chi connectivity index (χ1v) is 7.88. The molecule has 0 spiro atoms. The number of aromatic nitrogens is 2. The van der Waals surface area contributed by atoms with Crippen LogP contribution in [0.4, 0.5) is 0 Å². The highest BCUT2D eigenvalue weighted by Gasteiger charge is 2.09. The lowest BCUT2D eigenvalue weighted by molar-refractivity contribution is 0.704. The minimum atomic E-state index is -0.164. The predicted octanol–water partition coefficient (Wildman–Crippen LogP) is 3.88. The van der Waals surface area contributed by atoms with E-state index in [-0.39, 0.29) is 5.56 Å². The van der Waals surface area contributed by atoms with E-state index in [1.807, 2.05) is 43.3 Å². The molecule has 2 aromatic carbocycles. The third-order valence-corrected chi connectivity index (χ3v) is 3.86. The molecule has 4 nitrogen and oxygen atoms in total. The average molecular weight is 326 g/mol. The minimum absolute atomic E-state index is 0.164. The van der Waals surface area contributed by atoms with E-state index in [4.69, 9.17) is 11.6 Å². The Morgan fingerprint density at radius 2 is 1.91 bits per heavy atom. The van der Waals surface area contributed by atoms with Gasteiger partial charge in [0.15, 0.2) is 0 Å². The number of halogens is 1. The van der Waals surface area contributed by atoms with Crippen LogP contribution < -0.4 is 5.56 Å². The maximum absolute atomic E-state index is 12.7. The van der Waals surface area contributed by atoms with E-state index in [9.17, 15) is 4.79 Å². The lowest BCUT2D eigenvalue weighted by atomic mass is 10.2. The lowest BCUT2D eigenvalue weighted by Gasteiger charge is -2.08. The summed E-state index contributed by atoms with van der Waals surface area (Å²) in [6.45, 7) is 2.05. The van der Waals surface area contributed by atoms with Crippen LogP contribution in [0.5, 0.6) is 0 Å². The molecule has 0 saturated carbocycles. The van der Waals surface area contributed by atoms with Gasteiger partial charge in [-0.2, -0.15) is 9.78 Å². The van der Waals surface area contributed by atoms with Crippen LogP contribution in [-0.4, -0.2) is 15.9 Å². The van der Waals surface area contributed by atoms with Crippen LogP contribution in [0.2, 0.25) is 5.02 Å². The number of aryl methyl sites for hydroxylation is 1. The molecule has 3 aromatic rings. The summed E-state index contributed by atoms with van der Waals surface area (Å²) in [6.07, 6.45) is 3.16. The van der Waals surface area contributed by atoms with Crippen LogP contribution in [0.3, 0.4) is 0 Å². The van der Waals surface area contributed by atoms with Gasteiger partial charge in [-0.15, -0.1) is 0 Å². The highest BCUT2D eigenvalue weighted by atomic mass is 35.5. The monoisotopic (exact) mass is 325 g/mol. The molecule has 0 amide bonds. The maximum atomic E-state index is 12.7. The van der Waals surface area contributed by atoms with Gasteiger partial charge in [-0.3, -0.25) is 4.79 Å². The zero-order chi connectivity index (χ0) is 16.2. The van der Waals surface area contributed by atoms with Crippen molar-refractivity contribution in [3.8, 4) is 0 Å². The molecule has 0 aliphatic carbocycles. The van der Waals surface area contributed by atoms with E-state index in [0.717, 1.165) is 12.0 Å². The fraction of sp³-hybridized carbons (Fsp3) is 0.167. The van der Waals surface area contributed by atoms with Crippen molar-refractivity contribution in [3.05, 3.63) is 75.3 Å². The largest absolute Gasteiger partial charge is 0.282 e. The van der Waals surface area contributed by atoms with Crippen LogP contribution in [0.25, 0.3) is 10.9 Å². The average Bonchev–Trinajstić information content (AvgIpc) is 2.56. The van der Waals surface area contributed by atoms with Crippen LogP contribution >= 0.6 is 11.6 Å². The fourth-order valence-corrected chi connectivity index (χ4v) is 2.56. The second-order valence-electron chi connectivity index (χ2n) is 5.18. The second-order valence-corrected chi connectivity index (χ2v) is 5.59. The van der Waals surface area contributed by atoms with E-state index < -0.39 is 0 Å². The van der Waals surface area contributed by atoms with Gasteiger partial charge in [-0.25, -0.2) is 4.98 Å². The summed E-state index contributed by atoms with van der Waals surface area (Å²) in [7, 11) is 0. The van der Waals surface area contributed by atoms with Gasteiger partial charge >= 0.3 is 0 Å². The summed E-state index contributed by atoms with van der Waals surface area (Å²) in [6, 6.07) is 14.7. The molecule has 0 aliphatic heterocycles. The number of para-hydroxylation sites is 1. The van der Waals surface area contributed by atoms with Gasteiger partial charge in [0.05, 0.1) is 17.1 Å². The predicted molar refractivity (Wildman–Crippen MR) is 94.4 cm³/mol. The van der Waals surface area contributed by atoms with Crippen molar-refractivity contribution in [2.24, 2.45) is 5.10 Å². The SMILES string of the molecule is CCCc1nc2ccccc2c(=O)n1N=Cc1ccccc1Cl. The second kappa shape index (κ2) is 6.75. The van der Waals surface area contributed by atoms with E-state index >= 15 is 0 Å². The Morgan fingerprint density at radius 1 is 1.17 bits per heavy atom. The van der Waals surface area contributed by atoms with Crippen LogP contribution in [0.15, 0.2) is 58.4 Å². The third kappa shape index (κ3) is 3.17. The van der Waals surface area contributed by atoms with Crippen molar-refractivity contribution < 1.29 is 0 Å². The zero-order valence-corrected chi connectivity index (χ0v) is 13.5. The lowest BCUT2D eigenvalue weighted by Crippen LogP contribution is -2.22. The number of hydrogen-bond acceptors (Lipinski definition) is 3. The van der Waals surface area contributed by atoms with Gasteiger partial charge in [0.25, 0.3) is 5.56 Å². The minimum Gasteiger partial charge on any atom is -0.267 e. The summed E-state index contributed by atoms with van der Waals surface area (Å²) < 4.78 is 1.37. The van der Waals surface area contributed by atoms with Gasteiger partial charge in [0, 0.05) is 17.0 Å². The Balaban J connectivity index is 2.15. The Hall–Kier alpha value is -2.46. The maximum Gasteiger partial charge on any atom is 0.282 e. The molecule has 0 atom stereocenters. The topological polar surface area (TPSA) is 47.2 Å². The zero-order valence-electron chi connectivity index (χ0n) is 12.7. The van der Waals surface area contributed by atoms with Gasteiger partial charge in [0.1, 0.15) is 5.82 Å². The molecule has 0 bridgehead atoms. The number of nitrogens with zero attached hydrogens (tertiary/aromatic N) is 3. The molecule has 0 fully saturated rings. The first kappa shape index (κ1) is 15.4. The van der Waals surface area contributed by atoms with Crippen molar-refractivity contribution >= 4 is 28.7 Å². The number of hydrogen-bond donors (Lipinski definition) is 0. The summed E-state index contributed by atoms with van der Waals surface area (Å²) in [5.41, 5.74) is 1.30. The molecule has 116 valence electrons. The van der Waals surface area contributed by atoms with Gasteiger partial charge in [-0.1, -0.05) is 48.9 Å². The van der Waals surface area contributed by atoms with Gasteiger partial charge in [0.2, 0.25) is 0 Å². The summed E-state index contributed by atoms with van der Waals surface area (Å²) >= 11 is 6.13. The van der Waals surface area contributed by atoms with Crippen molar-refractivity contribution in [2.75, 3.05) is 0 Å². The highest BCUT2D eigenvalue weighted by molar-refractivity contribution is 6.33. The molecule has 0 aliphatic rings. The van der Waals surface area contributed by atoms with E-state index in [1.165, 1.54) is 4.68 Å². The Morgan fingerprint density at radius 3 is 2.70 bits per heavy atom.